The van der Waals surface area contributed by atoms with Crippen molar-refractivity contribution < 1.29 is 9.53 Å². The summed E-state index contributed by atoms with van der Waals surface area (Å²) >= 11 is 0. The van der Waals surface area contributed by atoms with Crippen LogP contribution in [0.1, 0.15) is 24.0 Å². The van der Waals surface area contributed by atoms with Crippen molar-refractivity contribution in [1.82, 2.24) is 4.90 Å². The first-order valence-corrected chi connectivity index (χ1v) is 10.2. The Labute approximate surface area is 171 Å². The van der Waals surface area contributed by atoms with Gasteiger partial charge in [-0.3, -0.25) is 4.79 Å². The van der Waals surface area contributed by atoms with Crippen LogP contribution < -0.4 is 4.74 Å². The zero-order valence-corrected chi connectivity index (χ0v) is 16.5. The smallest absolute Gasteiger partial charge is 0.260 e. The highest BCUT2D eigenvalue weighted by atomic mass is 16.5. The normalized spacial score (nSPS) is 14.7. The lowest BCUT2D eigenvalue weighted by molar-refractivity contribution is -0.134. The molecule has 0 bridgehead atoms. The molecule has 4 rings (SSSR count). The molecule has 29 heavy (non-hydrogen) atoms. The van der Waals surface area contributed by atoms with E-state index in [0.717, 1.165) is 48.7 Å². The molecule has 0 spiro atoms. The van der Waals surface area contributed by atoms with Crippen LogP contribution in [0, 0.1) is 11.3 Å². The van der Waals surface area contributed by atoms with Crippen LogP contribution in [-0.2, 0) is 11.2 Å². The zero-order chi connectivity index (χ0) is 20.1. The summed E-state index contributed by atoms with van der Waals surface area (Å²) < 4.78 is 5.89. The molecule has 1 aliphatic rings. The predicted octanol–water partition coefficient (Wildman–Crippen LogP) is 4.70. The third-order valence-corrected chi connectivity index (χ3v) is 5.76. The summed E-state index contributed by atoms with van der Waals surface area (Å²) in [6, 6.07) is 22.1. The van der Waals surface area contributed by atoms with Crippen molar-refractivity contribution in [2.45, 2.75) is 19.3 Å². The second kappa shape index (κ2) is 8.91. The Morgan fingerprint density at radius 1 is 0.966 bits per heavy atom. The lowest BCUT2D eigenvalue weighted by Crippen LogP contribution is -2.41. The van der Waals surface area contributed by atoms with E-state index in [1.165, 1.54) is 11.8 Å². The molecule has 1 heterocycles. The average Bonchev–Trinajstić information content (AvgIpc) is 2.78. The van der Waals surface area contributed by atoms with E-state index in [9.17, 15) is 4.79 Å². The molecular formula is C25H26N2O2. The van der Waals surface area contributed by atoms with Crippen molar-refractivity contribution in [2.24, 2.45) is 5.92 Å². The number of ether oxygens (including phenoxy) is 1. The second-order valence-electron chi connectivity index (χ2n) is 7.65. The van der Waals surface area contributed by atoms with E-state index in [1.807, 2.05) is 47.4 Å². The van der Waals surface area contributed by atoms with Crippen LogP contribution in [0.3, 0.4) is 0 Å². The topological polar surface area (TPSA) is 53.4 Å². The second-order valence-corrected chi connectivity index (χ2v) is 7.65. The van der Waals surface area contributed by atoms with Crippen molar-refractivity contribution in [3.63, 3.8) is 0 Å². The number of amides is 1. The molecule has 3 aromatic rings. The molecule has 4 nitrogen and oxygen atoms in total. The summed E-state index contributed by atoms with van der Waals surface area (Å²) in [5, 5.41) is 9.46. The van der Waals surface area contributed by atoms with Gasteiger partial charge in [0.2, 0.25) is 0 Å². The summed E-state index contributed by atoms with van der Waals surface area (Å²) in [6.07, 6.45) is 4.51. The van der Waals surface area contributed by atoms with Gasteiger partial charge in [0.15, 0.2) is 6.61 Å². The number of rotatable bonds is 6. The molecule has 1 aliphatic heterocycles. The molecule has 148 valence electrons. The number of hydrogen-bond donors (Lipinski definition) is 1. The van der Waals surface area contributed by atoms with Gasteiger partial charge in [-0.2, -0.15) is 0 Å². The Balaban J connectivity index is 1.33. The Hall–Kier alpha value is -3.14. The number of hydrogen-bond acceptors (Lipinski definition) is 3. The molecular weight excluding hydrogens is 360 g/mol. The Morgan fingerprint density at radius 3 is 2.38 bits per heavy atom. The van der Waals surface area contributed by atoms with Gasteiger partial charge in [0, 0.05) is 30.3 Å². The number of likely N-dealkylation sites (tertiary alicyclic amines) is 1. The summed E-state index contributed by atoms with van der Waals surface area (Å²) in [5.41, 5.74) is 2.22. The molecule has 0 aromatic heterocycles. The van der Waals surface area contributed by atoms with Crippen LogP contribution in [0.4, 0.5) is 0 Å². The Morgan fingerprint density at radius 2 is 1.66 bits per heavy atom. The quantitative estimate of drug-likeness (QED) is 0.625. The van der Waals surface area contributed by atoms with E-state index in [0.29, 0.717) is 11.7 Å². The van der Waals surface area contributed by atoms with Crippen LogP contribution in [0.2, 0.25) is 0 Å². The predicted molar refractivity (Wildman–Crippen MR) is 117 cm³/mol. The molecule has 3 aromatic carbocycles. The van der Waals surface area contributed by atoms with E-state index in [1.54, 1.807) is 0 Å². The Kier molecular flexibility index (Phi) is 5.89. The molecule has 1 amide bonds. The van der Waals surface area contributed by atoms with Gasteiger partial charge in [-0.05, 0) is 48.3 Å². The maximum Gasteiger partial charge on any atom is 0.260 e. The lowest BCUT2D eigenvalue weighted by Gasteiger charge is -2.32. The van der Waals surface area contributed by atoms with E-state index >= 15 is 0 Å². The monoisotopic (exact) mass is 386 g/mol. The van der Waals surface area contributed by atoms with Gasteiger partial charge in [-0.25, -0.2) is 0 Å². The van der Waals surface area contributed by atoms with E-state index in [-0.39, 0.29) is 12.5 Å². The van der Waals surface area contributed by atoms with Crippen molar-refractivity contribution in [1.29, 1.82) is 5.41 Å². The molecule has 0 unspecified atom stereocenters. The minimum atomic E-state index is 0.0448. The van der Waals surface area contributed by atoms with Gasteiger partial charge < -0.3 is 15.0 Å². The molecule has 0 saturated carbocycles. The van der Waals surface area contributed by atoms with Gasteiger partial charge in [0.25, 0.3) is 5.91 Å². The molecule has 4 heteroatoms. The van der Waals surface area contributed by atoms with Crippen LogP contribution in [0.5, 0.6) is 5.75 Å². The molecule has 0 radical (unpaired) electrons. The average molecular weight is 386 g/mol. The van der Waals surface area contributed by atoms with E-state index < -0.39 is 0 Å². The SMILES string of the molecule is N=Cc1ccc(OCC(=O)N2CCC(Cc3ccccc3)CC2)c2ccccc12. The van der Waals surface area contributed by atoms with Gasteiger partial charge in [0.05, 0.1) is 0 Å². The third-order valence-electron chi connectivity index (χ3n) is 5.76. The zero-order valence-electron chi connectivity index (χ0n) is 16.5. The standard InChI is InChI=1S/C25H26N2O2/c26-17-21-10-11-24(23-9-5-4-8-22(21)23)29-18-25(28)27-14-12-20(13-15-27)16-19-6-2-1-3-7-19/h1-11,17,20,26H,12-16,18H2. The van der Waals surface area contributed by atoms with Gasteiger partial charge >= 0.3 is 0 Å². The number of benzene rings is 3. The molecule has 1 N–H and O–H groups in total. The summed E-state index contributed by atoms with van der Waals surface area (Å²) in [6.45, 7) is 1.65. The van der Waals surface area contributed by atoms with Crippen molar-refractivity contribution in [2.75, 3.05) is 19.7 Å². The first-order chi connectivity index (χ1) is 14.2. The fourth-order valence-electron chi connectivity index (χ4n) is 4.11. The number of piperidine rings is 1. The number of nitrogens with zero attached hydrogens (tertiary/aromatic N) is 1. The third kappa shape index (κ3) is 4.48. The minimum absolute atomic E-state index is 0.0448. The van der Waals surface area contributed by atoms with Crippen LogP contribution in [-0.4, -0.2) is 36.7 Å². The van der Waals surface area contributed by atoms with Crippen molar-refractivity contribution >= 4 is 22.9 Å². The van der Waals surface area contributed by atoms with E-state index in [2.05, 4.69) is 24.3 Å². The summed E-state index contributed by atoms with van der Waals surface area (Å²) in [5.74, 6) is 1.38. The van der Waals surface area contributed by atoms with Crippen LogP contribution in [0.25, 0.3) is 10.8 Å². The highest BCUT2D eigenvalue weighted by molar-refractivity contribution is 6.01. The number of carbonyl (C=O) groups is 1. The van der Waals surface area contributed by atoms with Gasteiger partial charge in [-0.1, -0.05) is 54.6 Å². The largest absolute Gasteiger partial charge is 0.483 e. The van der Waals surface area contributed by atoms with Crippen molar-refractivity contribution in [3.05, 3.63) is 77.9 Å². The first-order valence-electron chi connectivity index (χ1n) is 10.2. The van der Waals surface area contributed by atoms with Crippen molar-refractivity contribution in [3.8, 4) is 5.75 Å². The number of fused-ring (bicyclic) bond motifs is 1. The van der Waals surface area contributed by atoms with Gasteiger partial charge in [0.1, 0.15) is 5.75 Å². The summed E-state index contributed by atoms with van der Waals surface area (Å²) in [7, 11) is 0. The highest BCUT2D eigenvalue weighted by Gasteiger charge is 2.23. The fraction of sp³-hybridized carbons (Fsp3) is 0.280. The van der Waals surface area contributed by atoms with Gasteiger partial charge in [-0.15, -0.1) is 0 Å². The van der Waals surface area contributed by atoms with Crippen LogP contribution >= 0.6 is 0 Å². The molecule has 1 fully saturated rings. The molecule has 1 saturated heterocycles. The molecule has 0 aliphatic carbocycles. The minimum Gasteiger partial charge on any atom is -0.483 e. The number of nitrogens with one attached hydrogen (secondary N) is 1. The van der Waals surface area contributed by atoms with E-state index in [4.69, 9.17) is 10.1 Å². The maximum absolute atomic E-state index is 12.7. The van der Waals surface area contributed by atoms with Crippen LogP contribution in [0.15, 0.2) is 66.7 Å². The maximum atomic E-state index is 12.7. The molecule has 0 atom stereocenters. The Bertz CT molecular complexity index is 992. The highest BCUT2D eigenvalue weighted by Crippen LogP contribution is 2.28. The lowest BCUT2D eigenvalue weighted by atomic mass is 9.90. The summed E-state index contributed by atoms with van der Waals surface area (Å²) in [4.78, 5) is 14.6. The fourth-order valence-corrected chi connectivity index (χ4v) is 4.11. The first kappa shape index (κ1) is 19.2. The number of carbonyl (C=O) groups excluding carboxylic acids is 1.